The van der Waals surface area contributed by atoms with Crippen molar-refractivity contribution in [3.8, 4) is 0 Å². The Hall–Kier alpha value is -1.90. The monoisotopic (exact) mass is 432 g/mol. The number of aryl methyl sites for hydroxylation is 1. The maximum absolute atomic E-state index is 12.7. The van der Waals surface area contributed by atoms with Gasteiger partial charge in [-0.05, 0) is 31.9 Å². The molecule has 3 aliphatic rings. The number of carbonyl (C=O) groups is 2. The summed E-state index contributed by atoms with van der Waals surface area (Å²) < 4.78 is 11.0. The highest BCUT2D eigenvalue weighted by Gasteiger charge is 2.39. The molecule has 2 saturated heterocycles. The number of rotatable bonds is 6. The molecule has 0 spiro atoms. The van der Waals surface area contributed by atoms with Crippen molar-refractivity contribution in [3.05, 3.63) is 23.7 Å². The van der Waals surface area contributed by atoms with Crippen molar-refractivity contribution < 1.29 is 18.7 Å². The van der Waals surface area contributed by atoms with E-state index < -0.39 is 0 Å². The number of morpholine rings is 1. The molecule has 8 heteroatoms. The summed E-state index contributed by atoms with van der Waals surface area (Å²) in [6.45, 7) is 9.08. The Labute approximate surface area is 184 Å². The number of furan rings is 1. The van der Waals surface area contributed by atoms with E-state index in [9.17, 15) is 9.59 Å². The smallest absolute Gasteiger partial charge is 0.289 e. The van der Waals surface area contributed by atoms with Gasteiger partial charge in [0.1, 0.15) is 5.76 Å². The van der Waals surface area contributed by atoms with Crippen molar-refractivity contribution >= 4 is 11.8 Å². The second-order valence-electron chi connectivity index (χ2n) is 9.14. The van der Waals surface area contributed by atoms with Crippen molar-refractivity contribution in [2.45, 2.75) is 44.6 Å². The van der Waals surface area contributed by atoms with Crippen molar-refractivity contribution in [1.82, 2.24) is 20.0 Å². The largest absolute Gasteiger partial charge is 0.456 e. The van der Waals surface area contributed by atoms with E-state index in [4.69, 9.17) is 9.15 Å². The van der Waals surface area contributed by atoms with Crippen molar-refractivity contribution in [1.29, 1.82) is 0 Å². The molecule has 3 heterocycles. The fourth-order valence-corrected chi connectivity index (χ4v) is 5.19. The Morgan fingerprint density at radius 3 is 2.35 bits per heavy atom. The lowest BCUT2D eigenvalue weighted by Crippen LogP contribution is -2.60. The van der Waals surface area contributed by atoms with Crippen LogP contribution in [0.5, 0.6) is 0 Å². The van der Waals surface area contributed by atoms with E-state index in [-0.39, 0.29) is 17.4 Å². The molecule has 2 aliphatic heterocycles. The van der Waals surface area contributed by atoms with Crippen LogP contribution in [0.3, 0.4) is 0 Å². The number of hydrogen-bond donors (Lipinski definition) is 1. The Kier molecular flexibility index (Phi) is 7.30. The summed E-state index contributed by atoms with van der Waals surface area (Å²) in [7, 11) is 0. The van der Waals surface area contributed by atoms with Gasteiger partial charge >= 0.3 is 0 Å². The molecule has 31 heavy (non-hydrogen) atoms. The first-order valence-electron chi connectivity index (χ1n) is 11.7. The van der Waals surface area contributed by atoms with Gasteiger partial charge < -0.3 is 19.4 Å². The normalized spacial score (nSPS) is 22.9. The van der Waals surface area contributed by atoms with E-state index in [2.05, 4.69) is 15.1 Å². The van der Waals surface area contributed by atoms with Crippen LogP contribution in [0.1, 0.15) is 48.4 Å². The van der Waals surface area contributed by atoms with Gasteiger partial charge in [-0.15, -0.1) is 0 Å². The summed E-state index contributed by atoms with van der Waals surface area (Å²) in [4.78, 5) is 31.7. The summed E-state index contributed by atoms with van der Waals surface area (Å²) in [5.41, 5.74) is 0.0873. The lowest BCUT2D eigenvalue weighted by Gasteiger charge is -2.48. The highest BCUT2D eigenvalue weighted by Crippen LogP contribution is 2.33. The molecule has 1 aromatic heterocycles. The van der Waals surface area contributed by atoms with Gasteiger partial charge in [0.15, 0.2) is 5.76 Å². The third kappa shape index (κ3) is 5.48. The van der Waals surface area contributed by atoms with Gasteiger partial charge in [-0.3, -0.25) is 19.4 Å². The number of nitrogens with one attached hydrogen (secondary N) is 1. The summed E-state index contributed by atoms with van der Waals surface area (Å²) in [6, 6.07) is 3.54. The van der Waals surface area contributed by atoms with Crippen LogP contribution in [0.4, 0.5) is 0 Å². The van der Waals surface area contributed by atoms with Crippen LogP contribution in [-0.4, -0.2) is 97.6 Å². The predicted molar refractivity (Wildman–Crippen MR) is 117 cm³/mol. The predicted octanol–water partition coefficient (Wildman–Crippen LogP) is 1.50. The first-order chi connectivity index (χ1) is 15.1. The molecular formula is C23H36N4O4. The molecule has 1 N–H and O–H groups in total. The van der Waals surface area contributed by atoms with Gasteiger partial charge in [-0.25, -0.2) is 0 Å². The van der Waals surface area contributed by atoms with Gasteiger partial charge in [0, 0.05) is 51.4 Å². The molecule has 0 aromatic carbocycles. The van der Waals surface area contributed by atoms with Gasteiger partial charge in [-0.2, -0.15) is 0 Å². The van der Waals surface area contributed by atoms with Crippen LogP contribution in [0.15, 0.2) is 16.5 Å². The van der Waals surface area contributed by atoms with E-state index in [0.717, 1.165) is 51.4 Å². The Morgan fingerprint density at radius 1 is 1.00 bits per heavy atom. The number of hydrogen-bond acceptors (Lipinski definition) is 6. The van der Waals surface area contributed by atoms with Crippen LogP contribution >= 0.6 is 0 Å². The minimum absolute atomic E-state index is 0.0676. The fraction of sp³-hybridized carbons (Fsp3) is 0.739. The molecule has 0 unspecified atom stereocenters. The molecule has 1 aromatic rings. The van der Waals surface area contributed by atoms with Crippen molar-refractivity contribution in [3.63, 3.8) is 0 Å². The van der Waals surface area contributed by atoms with E-state index in [0.29, 0.717) is 38.5 Å². The lowest BCUT2D eigenvalue weighted by molar-refractivity contribution is -0.123. The molecule has 172 valence electrons. The minimum atomic E-state index is -0.0676. The van der Waals surface area contributed by atoms with Crippen LogP contribution in [0.25, 0.3) is 0 Å². The molecule has 2 amide bonds. The first-order valence-corrected chi connectivity index (χ1v) is 11.7. The van der Waals surface area contributed by atoms with E-state index in [1.165, 1.54) is 19.3 Å². The molecule has 0 radical (unpaired) electrons. The Balaban J connectivity index is 1.24. The molecule has 0 bridgehead atoms. The SMILES string of the molecule is Cc1ccc(C(=O)N2CCN(CC(=O)NCC3(N4CCOCC4)CCCCC3)CC2)o1. The number of amides is 2. The second kappa shape index (κ2) is 10.1. The third-order valence-corrected chi connectivity index (χ3v) is 7.06. The quantitative estimate of drug-likeness (QED) is 0.734. The highest BCUT2D eigenvalue weighted by molar-refractivity contribution is 5.91. The number of ether oxygens (including phenoxy) is 1. The summed E-state index contributed by atoms with van der Waals surface area (Å²) in [5.74, 6) is 1.15. The molecular weight excluding hydrogens is 396 g/mol. The number of carbonyl (C=O) groups excluding carboxylic acids is 2. The first kappa shape index (κ1) is 22.3. The Bertz CT molecular complexity index is 745. The van der Waals surface area contributed by atoms with Crippen LogP contribution in [0.2, 0.25) is 0 Å². The average molecular weight is 433 g/mol. The number of piperazine rings is 1. The van der Waals surface area contributed by atoms with Gasteiger partial charge in [0.2, 0.25) is 5.91 Å². The topological polar surface area (TPSA) is 78.3 Å². The zero-order valence-electron chi connectivity index (χ0n) is 18.7. The Morgan fingerprint density at radius 2 is 1.71 bits per heavy atom. The summed E-state index contributed by atoms with van der Waals surface area (Å²) in [6.07, 6.45) is 6.07. The zero-order chi connectivity index (χ0) is 21.7. The molecule has 0 atom stereocenters. The maximum Gasteiger partial charge on any atom is 0.289 e. The number of nitrogens with zero attached hydrogens (tertiary/aromatic N) is 3. The second-order valence-corrected chi connectivity index (χ2v) is 9.14. The van der Waals surface area contributed by atoms with E-state index in [1.54, 1.807) is 6.07 Å². The van der Waals surface area contributed by atoms with Crippen LogP contribution < -0.4 is 5.32 Å². The van der Waals surface area contributed by atoms with Crippen LogP contribution in [0, 0.1) is 6.92 Å². The standard InChI is InChI=1S/C23H36N4O4/c1-19-5-6-20(31-19)22(29)26-11-9-25(10-12-26)17-21(28)24-18-23(7-3-2-4-8-23)27-13-15-30-16-14-27/h5-6H,2-4,7-18H2,1H3,(H,24,28). The fourth-order valence-electron chi connectivity index (χ4n) is 5.19. The highest BCUT2D eigenvalue weighted by atomic mass is 16.5. The zero-order valence-corrected chi connectivity index (χ0v) is 18.7. The van der Waals surface area contributed by atoms with Gasteiger partial charge in [-0.1, -0.05) is 19.3 Å². The van der Waals surface area contributed by atoms with Crippen LogP contribution in [-0.2, 0) is 9.53 Å². The van der Waals surface area contributed by atoms with Crippen molar-refractivity contribution in [2.24, 2.45) is 0 Å². The minimum Gasteiger partial charge on any atom is -0.456 e. The summed E-state index contributed by atoms with van der Waals surface area (Å²) in [5, 5.41) is 3.24. The maximum atomic E-state index is 12.7. The third-order valence-electron chi connectivity index (χ3n) is 7.06. The molecule has 3 fully saturated rings. The molecule has 4 rings (SSSR count). The molecule has 1 aliphatic carbocycles. The van der Waals surface area contributed by atoms with Crippen molar-refractivity contribution in [2.75, 3.05) is 65.6 Å². The van der Waals surface area contributed by atoms with Gasteiger partial charge in [0.05, 0.1) is 19.8 Å². The van der Waals surface area contributed by atoms with E-state index in [1.807, 2.05) is 17.9 Å². The lowest BCUT2D eigenvalue weighted by atomic mass is 9.79. The van der Waals surface area contributed by atoms with Gasteiger partial charge in [0.25, 0.3) is 5.91 Å². The molecule has 1 saturated carbocycles. The van der Waals surface area contributed by atoms with E-state index >= 15 is 0 Å². The average Bonchev–Trinajstić information content (AvgIpc) is 3.25. The molecule has 8 nitrogen and oxygen atoms in total. The summed E-state index contributed by atoms with van der Waals surface area (Å²) >= 11 is 0.